The predicted molar refractivity (Wildman–Crippen MR) is 102 cm³/mol. The Balaban J connectivity index is 1.51. The van der Waals surface area contributed by atoms with E-state index >= 15 is 0 Å². The van der Waals surface area contributed by atoms with Crippen LogP contribution in [0.15, 0.2) is 48.7 Å². The number of carbonyl (C=O) groups is 1. The number of fused-ring (bicyclic) bond motifs is 1. The van der Waals surface area contributed by atoms with Crippen molar-refractivity contribution in [1.82, 2.24) is 9.88 Å². The minimum absolute atomic E-state index is 0.172. The summed E-state index contributed by atoms with van der Waals surface area (Å²) in [5.41, 5.74) is 4.08. The molecule has 4 heteroatoms. The lowest BCUT2D eigenvalue weighted by atomic mass is 9.88. The molecule has 3 aromatic rings. The van der Waals surface area contributed by atoms with Crippen molar-refractivity contribution in [3.05, 3.63) is 71.2 Å². The number of hydrogen-bond acceptors (Lipinski definition) is 1. The number of amides is 1. The zero-order chi connectivity index (χ0) is 18.1. The predicted octanol–water partition coefficient (Wildman–Crippen LogP) is 4.89. The fraction of sp³-hybridized carbons (Fsp3) is 0.318. The number of halogens is 1. The fourth-order valence-corrected chi connectivity index (χ4v) is 4.07. The largest absolute Gasteiger partial charge is 0.361 e. The van der Waals surface area contributed by atoms with Crippen molar-refractivity contribution in [2.45, 2.75) is 32.1 Å². The Labute approximate surface area is 152 Å². The second-order valence-electron chi connectivity index (χ2n) is 6.98. The Morgan fingerprint density at radius 3 is 2.65 bits per heavy atom. The van der Waals surface area contributed by atoms with Gasteiger partial charge in [0.05, 0.1) is 5.56 Å². The van der Waals surface area contributed by atoms with E-state index in [0.717, 1.165) is 19.3 Å². The van der Waals surface area contributed by atoms with Gasteiger partial charge < -0.3 is 9.88 Å². The van der Waals surface area contributed by atoms with Crippen LogP contribution in [0.4, 0.5) is 4.39 Å². The third-order valence-electron chi connectivity index (χ3n) is 5.54. The Hall–Kier alpha value is -2.62. The Morgan fingerprint density at radius 2 is 1.92 bits per heavy atom. The zero-order valence-electron chi connectivity index (χ0n) is 15.0. The maximum atomic E-state index is 13.9. The van der Waals surface area contributed by atoms with Crippen molar-refractivity contribution in [3.8, 4) is 0 Å². The highest BCUT2D eigenvalue weighted by atomic mass is 19.1. The van der Waals surface area contributed by atoms with E-state index in [0.29, 0.717) is 19.0 Å². The first-order chi connectivity index (χ1) is 12.7. The molecule has 134 valence electrons. The molecule has 1 aliphatic rings. The van der Waals surface area contributed by atoms with E-state index in [9.17, 15) is 9.18 Å². The van der Waals surface area contributed by atoms with Crippen molar-refractivity contribution < 1.29 is 9.18 Å². The van der Waals surface area contributed by atoms with Crippen molar-refractivity contribution >= 4 is 16.8 Å². The van der Waals surface area contributed by atoms with Gasteiger partial charge >= 0.3 is 0 Å². The standard InChI is InChI=1S/C22H23FN2O/c1-2-15-6-5-8-17-19(14-24-21(15)17)16-10-12-25(13-11-16)22(26)18-7-3-4-9-20(18)23/h3-9,14,16,24H,2,10-13H2,1H3. The summed E-state index contributed by atoms with van der Waals surface area (Å²) in [6, 6.07) is 12.7. The number of aryl methyl sites for hydroxylation is 1. The number of aromatic nitrogens is 1. The molecule has 1 aliphatic heterocycles. The molecule has 0 unspecified atom stereocenters. The van der Waals surface area contributed by atoms with Crippen molar-refractivity contribution in [1.29, 1.82) is 0 Å². The van der Waals surface area contributed by atoms with Crippen LogP contribution in [0.25, 0.3) is 10.9 Å². The molecule has 1 aromatic heterocycles. The maximum absolute atomic E-state index is 13.9. The number of rotatable bonds is 3. The van der Waals surface area contributed by atoms with Gasteiger partial charge in [-0.15, -0.1) is 0 Å². The third-order valence-corrected chi connectivity index (χ3v) is 5.54. The molecule has 3 nitrogen and oxygen atoms in total. The number of aromatic amines is 1. The minimum atomic E-state index is -0.441. The van der Waals surface area contributed by atoms with Gasteiger partial charge in [0, 0.05) is 30.2 Å². The number of nitrogens with zero attached hydrogens (tertiary/aromatic N) is 1. The van der Waals surface area contributed by atoms with Crippen LogP contribution < -0.4 is 0 Å². The monoisotopic (exact) mass is 350 g/mol. The molecule has 1 amide bonds. The number of piperidine rings is 1. The smallest absolute Gasteiger partial charge is 0.256 e. The number of carbonyl (C=O) groups excluding carboxylic acids is 1. The maximum Gasteiger partial charge on any atom is 0.256 e. The Kier molecular flexibility index (Phi) is 4.49. The van der Waals surface area contributed by atoms with Gasteiger partial charge in [0.2, 0.25) is 0 Å². The zero-order valence-corrected chi connectivity index (χ0v) is 15.0. The average Bonchev–Trinajstić information content (AvgIpc) is 3.12. The van der Waals surface area contributed by atoms with Crippen LogP contribution >= 0.6 is 0 Å². The molecular formula is C22H23FN2O. The fourth-order valence-electron chi connectivity index (χ4n) is 4.07. The number of H-pyrrole nitrogens is 1. The molecule has 0 aliphatic carbocycles. The molecule has 26 heavy (non-hydrogen) atoms. The first-order valence-corrected chi connectivity index (χ1v) is 9.31. The van der Waals surface area contributed by atoms with Crippen LogP contribution in [-0.4, -0.2) is 28.9 Å². The van der Waals surface area contributed by atoms with Crippen LogP contribution in [0.3, 0.4) is 0 Å². The molecule has 0 saturated carbocycles. The summed E-state index contributed by atoms with van der Waals surface area (Å²) in [5, 5.41) is 1.29. The third kappa shape index (κ3) is 2.90. The lowest BCUT2D eigenvalue weighted by Crippen LogP contribution is -2.38. The molecule has 2 aromatic carbocycles. The van der Waals surface area contributed by atoms with Crippen LogP contribution in [0.1, 0.15) is 47.2 Å². The Morgan fingerprint density at radius 1 is 1.15 bits per heavy atom. The van der Waals surface area contributed by atoms with Crippen LogP contribution in [-0.2, 0) is 6.42 Å². The summed E-state index contributed by atoms with van der Waals surface area (Å²) in [7, 11) is 0. The number of likely N-dealkylation sites (tertiary alicyclic amines) is 1. The van der Waals surface area contributed by atoms with Gasteiger partial charge in [-0.3, -0.25) is 4.79 Å². The van der Waals surface area contributed by atoms with Crippen molar-refractivity contribution in [3.63, 3.8) is 0 Å². The topological polar surface area (TPSA) is 36.1 Å². The number of para-hydroxylation sites is 1. The summed E-state index contributed by atoms with van der Waals surface area (Å²) < 4.78 is 13.9. The first-order valence-electron chi connectivity index (χ1n) is 9.31. The summed E-state index contributed by atoms with van der Waals surface area (Å²) >= 11 is 0. The second-order valence-corrected chi connectivity index (χ2v) is 6.98. The highest BCUT2D eigenvalue weighted by Gasteiger charge is 2.27. The lowest BCUT2D eigenvalue weighted by Gasteiger charge is -2.32. The van der Waals surface area contributed by atoms with Gasteiger partial charge in [0.15, 0.2) is 0 Å². The SMILES string of the molecule is CCc1cccc2c(C3CCN(C(=O)c4ccccc4F)CC3)c[nH]c12. The van der Waals surface area contributed by atoms with Crippen LogP contribution in [0.5, 0.6) is 0 Å². The molecule has 0 bridgehead atoms. The molecule has 0 atom stereocenters. The van der Waals surface area contributed by atoms with Gasteiger partial charge in [-0.05, 0) is 48.4 Å². The lowest BCUT2D eigenvalue weighted by molar-refractivity contribution is 0.0708. The van der Waals surface area contributed by atoms with E-state index in [1.165, 1.54) is 28.1 Å². The number of benzene rings is 2. The van der Waals surface area contributed by atoms with Gasteiger partial charge in [-0.1, -0.05) is 37.3 Å². The van der Waals surface area contributed by atoms with Gasteiger partial charge in [0.25, 0.3) is 5.91 Å². The minimum Gasteiger partial charge on any atom is -0.361 e. The second kappa shape index (κ2) is 6.94. The normalized spacial score (nSPS) is 15.5. The molecule has 2 heterocycles. The first kappa shape index (κ1) is 16.8. The number of nitrogens with one attached hydrogen (secondary N) is 1. The molecule has 0 spiro atoms. The molecule has 0 radical (unpaired) electrons. The van der Waals surface area contributed by atoms with E-state index in [1.54, 1.807) is 23.1 Å². The molecule has 1 fully saturated rings. The average molecular weight is 350 g/mol. The summed E-state index contributed by atoms with van der Waals surface area (Å²) in [4.78, 5) is 17.8. The van der Waals surface area contributed by atoms with E-state index in [1.807, 2.05) is 0 Å². The molecule has 1 saturated heterocycles. The van der Waals surface area contributed by atoms with Crippen molar-refractivity contribution in [2.75, 3.05) is 13.1 Å². The molecule has 1 N–H and O–H groups in total. The number of hydrogen-bond donors (Lipinski definition) is 1. The van der Waals surface area contributed by atoms with E-state index in [4.69, 9.17) is 0 Å². The van der Waals surface area contributed by atoms with Crippen LogP contribution in [0, 0.1) is 5.82 Å². The van der Waals surface area contributed by atoms with Crippen molar-refractivity contribution in [2.24, 2.45) is 0 Å². The van der Waals surface area contributed by atoms with Gasteiger partial charge in [-0.25, -0.2) is 4.39 Å². The van der Waals surface area contributed by atoms with Crippen LogP contribution in [0.2, 0.25) is 0 Å². The van der Waals surface area contributed by atoms with E-state index in [2.05, 4.69) is 36.3 Å². The Bertz CT molecular complexity index is 938. The van der Waals surface area contributed by atoms with Gasteiger partial charge in [0.1, 0.15) is 5.82 Å². The summed E-state index contributed by atoms with van der Waals surface area (Å²) in [6.45, 7) is 3.50. The van der Waals surface area contributed by atoms with E-state index < -0.39 is 5.82 Å². The highest BCUT2D eigenvalue weighted by Crippen LogP contribution is 2.34. The quantitative estimate of drug-likeness (QED) is 0.717. The van der Waals surface area contributed by atoms with E-state index in [-0.39, 0.29) is 11.5 Å². The highest BCUT2D eigenvalue weighted by molar-refractivity contribution is 5.94. The van der Waals surface area contributed by atoms with Gasteiger partial charge in [-0.2, -0.15) is 0 Å². The summed E-state index contributed by atoms with van der Waals surface area (Å²) in [5.74, 6) is -0.211. The molecular weight excluding hydrogens is 327 g/mol. The summed E-state index contributed by atoms with van der Waals surface area (Å²) in [6.07, 6.45) is 4.95. The molecule has 4 rings (SSSR count).